The van der Waals surface area contributed by atoms with Crippen LogP contribution in [0.15, 0.2) is 0 Å². The first-order valence-electron chi connectivity index (χ1n) is 5.74. The van der Waals surface area contributed by atoms with Crippen LogP contribution >= 0.6 is 11.6 Å². The number of nitrogens with two attached hydrogens (primary N) is 1. The smallest absolute Gasteiger partial charge is 0.248 e. The Labute approximate surface area is 110 Å². The number of aromatic nitrogens is 2. The molecule has 1 aliphatic carbocycles. The number of carbonyl (C=O) groups is 1. The summed E-state index contributed by atoms with van der Waals surface area (Å²) in [6, 6.07) is 0. The molecule has 18 heavy (non-hydrogen) atoms. The van der Waals surface area contributed by atoms with Gasteiger partial charge in [0, 0.05) is 11.5 Å². The molecular weight excluding hydrogens is 256 g/mol. The summed E-state index contributed by atoms with van der Waals surface area (Å²) < 4.78 is 0. The fourth-order valence-electron chi connectivity index (χ4n) is 1.50. The molecule has 0 aliphatic heterocycles. The van der Waals surface area contributed by atoms with E-state index >= 15 is 0 Å². The van der Waals surface area contributed by atoms with Gasteiger partial charge in [-0.05, 0) is 19.8 Å². The van der Waals surface area contributed by atoms with Crippen LogP contribution in [-0.2, 0) is 4.79 Å². The molecule has 1 amide bonds. The summed E-state index contributed by atoms with van der Waals surface area (Å²) in [5.74, 6) is 0.853. The number of primary amides is 1. The minimum Gasteiger partial charge on any atom is -0.381 e. The highest BCUT2D eigenvalue weighted by atomic mass is 35.5. The van der Waals surface area contributed by atoms with Crippen molar-refractivity contribution in [1.29, 1.82) is 0 Å². The van der Waals surface area contributed by atoms with Gasteiger partial charge < -0.3 is 16.2 Å². The molecule has 2 rings (SSSR count). The third kappa shape index (κ3) is 2.88. The van der Waals surface area contributed by atoms with Crippen molar-refractivity contribution in [3.8, 4) is 0 Å². The summed E-state index contributed by atoms with van der Waals surface area (Å²) in [7, 11) is 0. The summed E-state index contributed by atoms with van der Waals surface area (Å²) in [5.41, 5.74) is 5.66. The molecule has 0 radical (unpaired) electrons. The molecule has 1 fully saturated rings. The molecule has 0 spiro atoms. The molecule has 4 N–H and O–H groups in total. The molecule has 1 aromatic rings. The second-order valence-corrected chi connectivity index (χ2v) is 4.78. The van der Waals surface area contributed by atoms with Gasteiger partial charge in [-0.25, -0.2) is 9.97 Å². The number of hydrogen-bond donors (Lipinski definition) is 3. The van der Waals surface area contributed by atoms with Crippen molar-refractivity contribution in [3.05, 3.63) is 16.5 Å². The van der Waals surface area contributed by atoms with Crippen LogP contribution in [0.25, 0.3) is 0 Å². The highest BCUT2D eigenvalue weighted by molar-refractivity contribution is 6.30. The van der Waals surface area contributed by atoms with Gasteiger partial charge in [-0.2, -0.15) is 0 Å². The van der Waals surface area contributed by atoms with E-state index in [0.717, 1.165) is 12.8 Å². The molecule has 0 saturated heterocycles. The Balaban J connectivity index is 2.13. The minimum absolute atomic E-state index is 0.00756. The fraction of sp³-hybridized carbons (Fsp3) is 0.545. The van der Waals surface area contributed by atoms with E-state index in [1.165, 1.54) is 0 Å². The van der Waals surface area contributed by atoms with E-state index in [0.29, 0.717) is 28.3 Å². The normalized spacial score (nSPS) is 16.4. The van der Waals surface area contributed by atoms with Crippen molar-refractivity contribution in [3.63, 3.8) is 0 Å². The number of rotatable bonds is 5. The first-order chi connectivity index (χ1) is 8.49. The molecule has 0 bridgehead atoms. The van der Waals surface area contributed by atoms with Gasteiger partial charge in [0.1, 0.15) is 22.9 Å². The third-order valence-corrected chi connectivity index (χ3v) is 3.21. The topological polar surface area (TPSA) is 101 Å². The minimum atomic E-state index is -1.25. The molecule has 0 aromatic carbocycles. The summed E-state index contributed by atoms with van der Waals surface area (Å²) in [4.78, 5) is 19.3. The lowest BCUT2D eigenvalue weighted by Gasteiger charge is -2.12. The monoisotopic (exact) mass is 270 g/mol. The van der Waals surface area contributed by atoms with Crippen molar-refractivity contribution < 1.29 is 9.90 Å². The summed E-state index contributed by atoms with van der Waals surface area (Å²) in [5, 5.41) is 12.6. The molecule has 1 aliphatic rings. The lowest BCUT2D eigenvalue weighted by Crippen LogP contribution is -2.34. The van der Waals surface area contributed by atoms with Crippen molar-refractivity contribution in [2.45, 2.75) is 31.8 Å². The van der Waals surface area contributed by atoms with E-state index in [2.05, 4.69) is 15.3 Å². The SMILES string of the molecule is Cc1c(Cl)nc(C2CC2)nc1NCC(O)C(N)=O. The fourth-order valence-corrected chi connectivity index (χ4v) is 1.67. The summed E-state index contributed by atoms with van der Waals surface area (Å²) in [6.07, 6.45) is 0.897. The van der Waals surface area contributed by atoms with E-state index < -0.39 is 12.0 Å². The van der Waals surface area contributed by atoms with Gasteiger partial charge >= 0.3 is 0 Å². The zero-order valence-electron chi connectivity index (χ0n) is 9.98. The maximum Gasteiger partial charge on any atom is 0.248 e. The molecule has 1 saturated carbocycles. The Morgan fingerprint density at radius 1 is 1.61 bits per heavy atom. The predicted octanol–water partition coefficient (Wildman–Crippen LogP) is 0.574. The Morgan fingerprint density at radius 3 is 2.83 bits per heavy atom. The highest BCUT2D eigenvalue weighted by Gasteiger charge is 2.28. The lowest BCUT2D eigenvalue weighted by molar-refractivity contribution is -0.125. The highest BCUT2D eigenvalue weighted by Crippen LogP contribution is 2.39. The quantitative estimate of drug-likeness (QED) is 0.679. The van der Waals surface area contributed by atoms with Crippen molar-refractivity contribution in [2.75, 3.05) is 11.9 Å². The van der Waals surface area contributed by atoms with Crippen LogP contribution in [0.1, 0.15) is 30.1 Å². The number of halogens is 1. The number of nitrogens with zero attached hydrogens (tertiary/aromatic N) is 2. The third-order valence-electron chi connectivity index (χ3n) is 2.84. The van der Waals surface area contributed by atoms with E-state index in [4.69, 9.17) is 17.3 Å². The van der Waals surface area contributed by atoms with Crippen LogP contribution in [0.2, 0.25) is 5.15 Å². The molecule has 98 valence electrons. The Bertz CT molecular complexity index is 476. The number of nitrogens with one attached hydrogen (secondary N) is 1. The largest absolute Gasteiger partial charge is 0.381 e. The Hall–Kier alpha value is -1.40. The van der Waals surface area contributed by atoms with Gasteiger partial charge in [-0.15, -0.1) is 0 Å². The second-order valence-electron chi connectivity index (χ2n) is 4.42. The van der Waals surface area contributed by atoms with Crippen LogP contribution in [0.3, 0.4) is 0 Å². The Kier molecular flexibility index (Phi) is 3.68. The van der Waals surface area contributed by atoms with Crippen molar-refractivity contribution >= 4 is 23.3 Å². The number of aliphatic hydroxyl groups is 1. The molecular formula is C11H15ClN4O2. The maximum absolute atomic E-state index is 10.7. The van der Waals surface area contributed by atoms with Gasteiger partial charge in [-0.1, -0.05) is 11.6 Å². The van der Waals surface area contributed by atoms with E-state index in [-0.39, 0.29) is 6.54 Å². The molecule has 6 nitrogen and oxygen atoms in total. The van der Waals surface area contributed by atoms with E-state index in [1.807, 2.05) is 0 Å². The number of carbonyl (C=O) groups excluding carboxylic acids is 1. The molecule has 1 heterocycles. The first kappa shape index (κ1) is 13.0. The van der Waals surface area contributed by atoms with E-state index in [9.17, 15) is 9.90 Å². The van der Waals surface area contributed by atoms with Gasteiger partial charge in [-0.3, -0.25) is 4.79 Å². The molecule has 7 heteroatoms. The average Bonchev–Trinajstić information content (AvgIpc) is 3.14. The van der Waals surface area contributed by atoms with Gasteiger partial charge in [0.15, 0.2) is 0 Å². The average molecular weight is 271 g/mol. The van der Waals surface area contributed by atoms with Gasteiger partial charge in [0.25, 0.3) is 0 Å². The van der Waals surface area contributed by atoms with Gasteiger partial charge in [0.05, 0.1) is 6.54 Å². The molecule has 1 unspecified atom stereocenters. The molecule has 1 aromatic heterocycles. The van der Waals surface area contributed by atoms with Crippen molar-refractivity contribution in [1.82, 2.24) is 9.97 Å². The number of aliphatic hydroxyl groups excluding tert-OH is 1. The van der Waals surface area contributed by atoms with Crippen LogP contribution in [0.4, 0.5) is 5.82 Å². The summed E-state index contributed by atoms with van der Waals surface area (Å²) >= 11 is 6.02. The van der Waals surface area contributed by atoms with Crippen LogP contribution in [0, 0.1) is 6.92 Å². The number of hydrogen-bond acceptors (Lipinski definition) is 5. The van der Waals surface area contributed by atoms with Crippen LogP contribution < -0.4 is 11.1 Å². The summed E-state index contributed by atoms with van der Waals surface area (Å²) in [6.45, 7) is 1.78. The van der Waals surface area contributed by atoms with E-state index in [1.54, 1.807) is 6.92 Å². The van der Waals surface area contributed by atoms with Crippen LogP contribution in [0.5, 0.6) is 0 Å². The standard InChI is InChI=1S/C11H15ClN4O2/c1-5-8(12)15-11(6-2-3-6)16-10(5)14-4-7(17)9(13)18/h6-7,17H,2-4H2,1H3,(H2,13,18)(H,14,15,16). The predicted molar refractivity (Wildman–Crippen MR) is 67.4 cm³/mol. The van der Waals surface area contributed by atoms with Crippen LogP contribution in [-0.4, -0.2) is 33.6 Å². The first-order valence-corrected chi connectivity index (χ1v) is 6.12. The maximum atomic E-state index is 10.7. The lowest BCUT2D eigenvalue weighted by atomic mass is 10.3. The zero-order chi connectivity index (χ0) is 13.3. The number of amides is 1. The Morgan fingerprint density at radius 2 is 2.28 bits per heavy atom. The van der Waals surface area contributed by atoms with Crippen molar-refractivity contribution in [2.24, 2.45) is 5.73 Å². The molecule has 1 atom stereocenters. The second kappa shape index (κ2) is 5.07. The zero-order valence-corrected chi connectivity index (χ0v) is 10.7. The number of anilines is 1. The van der Waals surface area contributed by atoms with Gasteiger partial charge in [0.2, 0.25) is 5.91 Å².